The van der Waals surface area contributed by atoms with Gasteiger partial charge in [-0.05, 0) is 29.8 Å². The molecule has 2 rings (SSSR count). The zero-order valence-corrected chi connectivity index (χ0v) is 11.5. The predicted octanol–water partition coefficient (Wildman–Crippen LogP) is 4.65. The molecule has 0 saturated heterocycles. The Hall–Kier alpha value is -1.32. The molecule has 0 aliphatic heterocycles. The van der Waals surface area contributed by atoms with Crippen LogP contribution in [0.3, 0.4) is 0 Å². The molecule has 1 aromatic heterocycles. The Kier molecular flexibility index (Phi) is 4.04. The minimum Gasteiger partial charge on any atom is -0.481 e. The van der Waals surface area contributed by atoms with Gasteiger partial charge < -0.3 is 5.11 Å². The van der Waals surface area contributed by atoms with Crippen molar-refractivity contribution in [2.75, 3.05) is 0 Å². The van der Waals surface area contributed by atoms with Crippen molar-refractivity contribution < 1.29 is 9.90 Å². The van der Waals surface area contributed by atoms with E-state index in [-0.39, 0.29) is 12.3 Å². The fourth-order valence-corrected chi connectivity index (χ4v) is 2.94. The number of carboxylic acid groups (broad SMARTS) is 1. The van der Waals surface area contributed by atoms with Crippen LogP contribution in [0.1, 0.15) is 24.1 Å². The van der Waals surface area contributed by atoms with Crippen LogP contribution in [0, 0.1) is 0 Å². The highest BCUT2D eigenvalue weighted by atomic mass is 35.5. The molecule has 2 aromatic rings. The molecule has 0 radical (unpaired) electrons. The minimum absolute atomic E-state index is 0.0496. The zero-order chi connectivity index (χ0) is 13.1. The maximum atomic E-state index is 10.7. The Morgan fingerprint density at radius 1 is 1.28 bits per heavy atom. The number of carbonyl (C=O) groups is 1. The molecule has 1 heterocycles. The van der Waals surface area contributed by atoms with Crippen LogP contribution in [0.5, 0.6) is 0 Å². The molecule has 94 valence electrons. The first-order valence-electron chi connectivity index (χ1n) is 5.63. The van der Waals surface area contributed by atoms with Crippen LogP contribution >= 0.6 is 22.9 Å². The minimum atomic E-state index is -0.760. The Balaban J connectivity index is 2.19. The van der Waals surface area contributed by atoms with E-state index in [1.165, 1.54) is 0 Å². The summed E-state index contributed by atoms with van der Waals surface area (Å²) >= 11 is 7.49. The van der Waals surface area contributed by atoms with Gasteiger partial charge >= 0.3 is 5.97 Å². The van der Waals surface area contributed by atoms with Gasteiger partial charge in [0.15, 0.2) is 0 Å². The summed E-state index contributed by atoms with van der Waals surface area (Å²) in [6.07, 6.45) is 0.167. The average Bonchev–Trinajstić information content (AvgIpc) is 2.78. The van der Waals surface area contributed by atoms with Gasteiger partial charge in [0.2, 0.25) is 0 Å². The molecule has 0 aliphatic carbocycles. The first-order chi connectivity index (χ1) is 8.56. The highest BCUT2D eigenvalue weighted by Crippen LogP contribution is 2.33. The highest BCUT2D eigenvalue weighted by molar-refractivity contribution is 7.15. The van der Waals surface area contributed by atoms with Crippen LogP contribution in [0.15, 0.2) is 36.4 Å². The second-order valence-corrected chi connectivity index (χ2v) is 5.76. The van der Waals surface area contributed by atoms with Gasteiger partial charge in [-0.1, -0.05) is 30.7 Å². The third-order valence-electron chi connectivity index (χ3n) is 2.72. The van der Waals surface area contributed by atoms with Gasteiger partial charge in [0, 0.05) is 20.7 Å². The van der Waals surface area contributed by atoms with Gasteiger partial charge in [-0.2, -0.15) is 0 Å². The number of hydrogen-bond acceptors (Lipinski definition) is 2. The number of hydrogen-bond donors (Lipinski definition) is 1. The lowest BCUT2D eigenvalue weighted by molar-refractivity contribution is -0.137. The lowest BCUT2D eigenvalue weighted by Crippen LogP contribution is -2.00. The summed E-state index contributed by atoms with van der Waals surface area (Å²) in [7, 11) is 0. The molecular formula is C14H13ClO2S. The van der Waals surface area contributed by atoms with Crippen LogP contribution in [-0.2, 0) is 4.79 Å². The van der Waals surface area contributed by atoms with Crippen LogP contribution in [0.4, 0.5) is 0 Å². The fraction of sp³-hybridized carbons (Fsp3) is 0.214. The lowest BCUT2D eigenvalue weighted by atomic mass is 10.1. The monoisotopic (exact) mass is 280 g/mol. The molecule has 0 aliphatic rings. The van der Waals surface area contributed by atoms with E-state index in [2.05, 4.69) is 0 Å². The molecule has 0 spiro atoms. The predicted molar refractivity (Wildman–Crippen MR) is 75.4 cm³/mol. The van der Waals surface area contributed by atoms with Crippen molar-refractivity contribution in [3.05, 3.63) is 46.3 Å². The van der Waals surface area contributed by atoms with E-state index in [1.54, 1.807) is 11.3 Å². The van der Waals surface area contributed by atoms with Crippen LogP contribution in [0.25, 0.3) is 10.4 Å². The molecule has 2 nitrogen and oxygen atoms in total. The number of aliphatic carboxylic acids is 1. The number of rotatable bonds is 4. The van der Waals surface area contributed by atoms with Crippen molar-refractivity contribution in [2.45, 2.75) is 19.3 Å². The van der Waals surface area contributed by atoms with E-state index in [4.69, 9.17) is 16.7 Å². The SMILES string of the molecule is CC(CC(=O)O)c1ccc(-c2ccc(Cl)cc2)s1. The highest BCUT2D eigenvalue weighted by Gasteiger charge is 2.13. The van der Waals surface area contributed by atoms with Crippen LogP contribution in [-0.4, -0.2) is 11.1 Å². The number of benzene rings is 1. The molecule has 0 saturated carbocycles. The lowest BCUT2D eigenvalue weighted by Gasteiger charge is -2.04. The number of carboxylic acids is 1. The van der Waals surface area contributed by atoms with E-state index in [9.17, 15) is 4.79 Å². The Bertz CT molecular complexity index is 545. The van der Waals surface area contributed by atoms with Crippen molar-refractivity contribution >= 4 is 28.9 Å². The number of thiophene rings is 1. The van der Waals surface area contributed by atoms with Crippen molar-refractivity contribution in [3.63, 3.8) is 0 Å². The van der Waals surface area contributed by atoms with Crippen molar-refractivity contribution in [3.8, 4) is 10.4 Å². The summed E-state index contributed by atoms with van der Waals surface area (Å²) in [6.45, 7) is 1.94. The quantitative estimate of drug-likeness (QED) is 0.885. The summed E-state index contributed by atoms with van der Waals surface area (Å²) < 4.78 is 0. The molecule has 1 aromatic carbocycles. The Labute approximate surface area is 115 Å². The summed E-state index contributed by atoms with van der Waals surface area (Å²) in [4.78, 5) is 12.9. The topological polar surface area (TPSA) is 37.3 Å². The van der Waals surface area contributed by atoms with Gasteiger partial charge in [0.1, 0.15) is 0 Å². The second-order valence-electron chi connectivity index (χ2n) is 4.21. The summed E-state index contributed by atoms with van der Waals surface area (Å²) in [5, 5.41) is 9.51. The normalized spacial score (nSPS) is 12.3. The van der Waals surface area contributed by atoms with E-state index in [1.807, 2.05) is 43.3 Å². The summed E-state index contributed by atoms with van der Waals surface area (Å²) in [5.41, 5.74) is 1.11. The molecule has 18 heavy (non-hydrogen) atoms. The molecule has 1 atom stereocenters. The first-order valence-corrected chi connectivity index (χ1v) is 6.83. The summed E-state index contributed by atoms with van der Waals surface area (Å²) in [5.74, 6) is -0.711. The smallest absolute Gasteiger partial charge is 0.303 e. The van der Waals surface area contributed by atoms with Gasteiger partial charge in [-0.3, -0.25) is 4.79 Å². The van der Waals surface area contributed by atoms with E-state index < -0.39 is 5.97 Å². The molecule has 4 heteroatoms. The van der Waals surface area contributed by atoms with E-state index in [0.29, 0.717) is 0 Å². The van der Waals surface area contributed by atoms with Crippen molar-refractivity contribution in [1.29, 1.82) is 0 Å². The first kappa shape index (κ1) is 13.1. The molecule has 0 fully saturated rings. The van der Waals surface area contributed by atoms with Crippen molar-refractivity contribution in [1.82, 2.24) is 0 Å². The molecule has 0 bridgehead atoms. The molecular weight excluding hydrogens is 268 g/mol. The zero-order valence-electron chi connectivity index (χ0n) is 9.89. The van der Waals surface area contributed by atoms with E-state index in [0.717, 1.165) is 20.3 Å². The Morgan fingerprint density at radius 2 is 1.94 bits per heavy atom. The van der Waals surface area contributed by atoms with Gasteiger partial charge in [0.25, 0.3) is 0 Å². The average molecular weight is 281 g/mol. The maximum absolute atomic E-state index is 10.7. The Morgan fingerprint density at radius 3 is 2.56 bits per heavy atom. The largest absolute Gasteiger partial charge is 0.481 e. The molecule has 1 unspecified atom stereocenters. The van der Waals surface area contributed by atoms with Gasteiger partial charge in [-0.15, -0.1) is 11.3 Å². The fourth-order valence-electron chi connectivity index (χ4n) is 1.75. The maximum Gasteiger partial charge on any atom is 0.303 e. The van der Waals surface area contributed by atoms with Crippen LogP contribution in [0.2, 0.25) is 5.02 Å². The summed E-state index contributed by atoms with van der Waals surface area (Å²) in [6, 6.07) is 11.7. The number of halogens is 1. The third-order valence-corrected chi connectivity index (χ3v) is 4.34. The van der Waals surface area contributed by atoms with Crippen molar-refractivity contribution in [2.24, 2.45) is 0 Å². The molecule has 1 N–H and O–H groups in total. The van der Waals surface area contributed by atoms with Gasteiger partial charge in [-0.25, -0.2) is 0 Å². The standard InChI is InChI=1S/C14H13ClO2S/c1-9(8-14(16)17)12-6-7-13(18-12)10-2-4-11(15)5-3-10/h2-7,9H,8H2,1H3,(H,16,17). The third kappa shape index (κ3) is 3.12. The van der Waals surface area contributed by atoms with Crippen LogP contribution < -0.4 is 0 Å². The van der Waals surface area contributed by atoms with Gasteiger partial charge in [0.05, 0.1) is 6.42 Å². The van der Waals surface area contributed by atoms with E-state index >= 15 is 0 Å². The second kappa shape index (κ2) is 5.55. The molecule has 0 amide bonds.